The lowest BCUT2D eigenvalue weighted by atomic mass is 9.82. The molecule has 0 radical (unpaired) electrons. The van der Waals surface area contributed by atoms with Crippen molar-refractivity contribution in [3.8, 4) is 0 Å². The molecule has 0 saturated carbocycles. The first kappa shape index (κ1) is 21.2. The summed E-state index contributed by atoms with van der Waals surface area (Å²) in [7, 11) is 0. The van der Waals surface area contributed by atoms with Crippen LogP contribution in [0.2, 0.25) is 0 Å². The van der Waals surface area contributed by atoms with Gasteiger partial charge in [0.25, 0.3) is 5.91 Å². The minimum Gasteiger partial charge on any atom is -0.315 e. The number of hydrogen-bond acceptors (Lipinski definition) is 3. The van der Waals surface area contributed by atoms with Crippen molar-refractivity contribution in [1.29, 1.82) is 0 Å². The molecule has 0 spiro atoms. The van der Waals surface area contributed by atoms with Crippen LogP contribution >= 0.6 is 0 Å². The number of nitrogens with zero attached hydrogens (tertiary/aromatic N) is 1. The SMILES string of the molecule is O=C1NC(c2ccccc2)(c2ccccc2)C(=O)N1CCC1CC(c2ccccc2)=CCN1. The van der Waals surface area contributed by atoms with E-state index in [1.54, 1.807) is 0 Å². The van der Waals surface area contributed by atoms with E-state index >= 15 is 0 Å². The fourth-order valence-electron chi connectivity index (χ4n) is 4.86. The molecule has 1 atom stereocenters. The van der Waals surface area contributed by atoms with E-state index in [1.165, 1.54) is 16.0 Å². The minimum atomic E-state index is -1.20. The van der Waals surface area contributed by atoms with Crippen molar-refractivity contribution in [2.24, 2.45) is 0 Å². The van der Waals surface area contributed by atoms with Gasteiger partial charge in [-0.1, -0.05) is 97.1 Å². The summed E-state index contributed by atoms with van der Waals surface area (Å²) in [5.41, 5.74) is 2.87. The molecule has 5 nitrogen and oxygen atoms in total. The van der Waals surface area contributed by atoms with Crippen LogP contribution in [0.4, 0.5) is 4.79 Å². The van der Waals surface area contributed by atoms with Crippen LogP contribution in [-0.2, 0) is 10.3 Å². The quantitative estimate of drug-likeness (QED) is 0.565. The van der Waals surface area contributed by atoms with E-state index < -0.39 is 5.54 Å². The number of rotatable bonds is 6. The van der Waals surface area contributed by atoms with Crippen LogP contribution in [0, 0.1) is 0 Å². The predicted molar refractivity (Wildman–Crippen MR) is 129 cm³/mol. The van der Waals surface area contributed by atoms with Crippen LogP contribution in [0.15, 0.2) is 97.1 Å². The molecule has 1 saturated heterocycles. The number of carbonyl (C=O) groups is 2. The second-order valence-electron chi connectivity index (χ2n) is 8.56. The fraction of sp³-hybridized carbons (Fsp3) is 0.214. The molecule has 1 unspecified atom stereocenters. The lowest BCUT2D eigenvalue weighted by molar-refractivity contribution is -0.130. The van der Waals surface area contributed by atoms with Gasteiger partial charge in [-0.25, -0.2) is 4.79 Å². The largest absolute Gasteiger partial charge is 0.325 e. The summed E-state index contributed by atoms with van der Waals surface area (Å²) in [4.78, 5) is 28.3. The molecular formula is C28H27N3O2. The van der Waals surface area contributed by atoms with Crippen molar-refractivity contribution in [1.82, 2.24) is 15.5 Å². The average Bonchev–Trinajstić information content (AvgIpc) is 3.14. The molecule has 166 valence electrons. The summed E-state index contributed by atoms with van der Waals surface area (Å²) in [5, 5.41) is 6.54. The van der Waals surface area contributed by atoms with Gasteiger partial charge in [-0.15, -0.1) is 0 Å². The summed E-state index contributed by atoms with van der Waals surface area (Å²) < 4.78 is 0. The molecule has 5 heteroatoms. The zero-order chi connectivity index (χ0) is 22.7. The molecule has 3 aromatic rings. The van der Waals surface area contributed by atoms with E-state index in [0.29, 0.717) is 13.0 Å². The molecule has 3 aromatic carbocycles. The molecule has 2 heterocycles. The van der Waals surface area contributed by atoms with E-state index in [-0.39, 0.29) is 18.0 Å². The fourth-order valence-corrected chi connectivity index (χ4v) is 4.86. The van der Waals surface area contributed by atoms with Crippen molar-refractivity contribution < 1.29 is 9.59 Å². The molecule has 3 amide bonds. The number of hydrogen-bond donors (Lipinski definition) is 2. The summed E-state index contributed by atoms with van der Waals surface area (Å²) in [6.45, 7) is 1.15. The van der Waals surface area contributed by atoms with Gasteiger partial charge >= 0.3 is 6.03 Å². The van der Waals surface area contributed by atoms with Gasteiger partial charge in [-0.2, -0.15) is 0 Å². The van der Waals surface area contributed by atoms with Crippen LogP contribution in [-0.4, -0.2) is 36.0 Å². The summed E-state index contributed by atoms with van der Waals surface area (Å²) >= 11 is 0. The van der Waals surface area contributed by atoms with Crippen molar-refractivity contribution in [2.75, 3.05) is 13.1 Å². The molecule has 1 fully saturated rings. The number of carbonyl (C=O) groups excluding carboxylic acids is 2. The third-order valence-electron chi connectivity index (χ3n) is 6.59. The van der Waals surface area contributed by atoms with Crippen molar-refractivity contribution >= 4 is 17.5 Å². The van der Waals surface area contributed by atoms with E-state index in [0.717, 1.165) is 24.1 Å². The second-order valence-corrected chi connectivity index (χ2v) is 8.56. The first-order valence-electron chi connectivity index (χ1n) is 11.4. The number of imide groups is 1. The Hall–Kier alpha value is -3.70. The minimum absolute atomic E-state index is 0.203. The van der Waals surface area contributed by atoms with E-state index in [4.69, 9.17) is 0 Å². The Bertz CT molecular complexity index is 1120. The molecule has 0 aliphatic carbocycles. The molecule has 33 heavy (non-hydrogen) atoms. The van der Waals surface area contributed by atoms with Crippen LogP contribution in [0.3, 0.4) is 0 Å². The van der Waals surface area contributed by atoms with Gasteiger partial charge in [0.05, 0.1) is 0 Å². The number of benzene rings is 3. The lowest BCUT2D eigenvalue weighted by Crippen LogP contribution is -2.45. The highest BCUT2D eigenvalue weighted by atomic mass is 16.2. The van der Waals surface area contributed by atoms with Crippen LogP contribution in [0.1, 0.15) is 29.5 Å². The number of amides is 3. The average molecular weight is 438 g/mol. The maximum Gasteiger partial charge on any atom is 0.325 e. The maximum absolute atomic E-state index is 13.8. The van der Waals surface area contributed by atoms with Gasteiger partial charge in [-0.05, 0) is 35.1 Å². The highest BCUT2D eigenvalue weighted by molar-refractivity contribution is 6.09. The van der Waals surface area contributed by atoms with Gasteiger partial charge in [0.15, 0.2) is 5.54 Å². The zero-order valence-electron chi connectivity index (χ0n) is 18.4. The van der Waals surface area contributed by atoms with Crippen LogP contribution in [0.5, 0.6) is 0 Å². The predicted octanol–water partition coefficient (Wildman–Crippen LogP) is 4.32. The van der Waals surface area contributed by atoms with Gasteiger partial charge in [0.1, 0.15) is 0 Å². The third kappa shape index (κ3) is 3.96. The standard InChI is InChI=1S/C28H27N3O2/c32-26-28(23-12-6-2-7-13-23,24-14-8-3-9-15-24)30-27(33)31(26)19-17-25-20-22(16-18-29-25)21-10-4-1-5-11-21/h1-16,25,29H,17-20H2,(H,30,33). The summed E-state index contributed by atoms with van der Waals surface area (Å²) in [6, 6.07) is 29.2. The summed E-state index contributed by atoms with van der Waals surface area (Å²) in [5.74, 6) is -0.223. The van der Waals surface area contributed by atoms with Crippen molar-refractivity contribution in [3.63, 3.8) is 0 Å². The highest BCUT2D eigenvalue weighted by Crippen LogP contribution is 2.36. The molecule has 5 rings (SSSR count). The van der Waals surface area contributed by atoms with E-state index in [2.05, 4.69) is 28.8 Å². The Labute approximate surface area is 194 Å². The Morgan fingerprint density at radius 2 is 1.39 bits per heavy atom. The first-order chi connectivity index (χ1) is 16.2. The Morgan fingerprint density at radius 3 is 2.00 bits per heavy atom. The first-order valence-corrected chi connectivity index (χ1v) is 11.4. The van der Waals surface area contributed by atoms with E-state index in [9.17, 15) is 9.59 Å². The van der Waals surface area contributed by atoms with E-state index in [1.807, 2.05) is 78.9 Å². The normalized spacial score (nSPS) is 19.8. The second kappa shape index (κ2) is 9.04. The maximum atomic E-state index is 13.8. The molecule has 2 aliphatic rings. The smallest absolute Gasteiger partial charge is 0.315 e. The Kier molecular flexibility index (Phi) is 5.80. The molecule has 2 N–H and O–H groups in total. The number of urea groups is 1. The van der Waals surface area contributed by atoms with Crippen LogP contribution in [0.25, 0.3) is 5.57 Å². The van der Waals surface area contributed by atoms with Gasteiger partial charge in [-0.3, -0.25) is 9.69 Å². The molecule has 0 bridgehead atoms. The topological polar surface area (TPSA) is 61.4 Å². The Balaban J connectivity index is 1.35. The molecule has 0 aromatic heterocycles. The zero-order valence-corrected chi connectivity index (χ0v) is 18.4. The molecular weight excluding hydrogens is 410 g/mol. The lowest BCUT2D eigenvalue weighted by Gasteiger charge is -2.29. The third-order valence-corrected chi connectivity index (χ3v) is 6.59. The molecule has 2 aliphatic heterocycles. The monoisotopic (exact) mass is 437 g/mol. The van der Waals surface area contributed by atoms with Gasteiger partial charge in [0.2, 0.25) is 0 Å². The highest BCUT2D eigenvalue weighted by Gasteiger charge is 2.53. The summed E-state index contributed by atoms with van der Waals surface area (Å²) in [6.07, 6.45) is 3.79. The number of nitrogens with one attached hydrogen (secondary N) is 2. The van der Waals surface area contributed by atoms with Crippen molar-refractivity contribution in [2.45, 2.75) is 24.4 Å². The van der Waals surface area contributed by atoms with Gasteiger partial charge < -0.3 is 10.6 Å². The Morgan fingerprint density at radius 1 is 0.818 bits per heavy atom. The van der Waals surface area contributed by atoms with Crippen LogP contribution < -0.4 is 10.6 Å². The van der Waals surface area contributed by atoms with Crippen molar-refractivity contribution in [3.05, 3.63) is 114 Å². The van der Waals surface area contributed by atoms with Gasteiger partial charge in [0, 0.05) is 19.1 Å².